The summed E-state index contributed by atoms with van der Waals surface area (Å²) in [5.74, 6) is -2.85. The van der Waals surface area contributed by atoms with Gasteiger partial charge in [0.25, 0.3) is 5.91 Å². The number of esters is 1. The first kappa shape index (κ1) is 19.0. The fraction of sp³-hybridized carbons (Fsp3) is 0.227. The first-order valence-corrected chi connectivity index (χ1v) is 9.35. The van der Waals surface area contributed by atoms with Crippen LogP contribution in [0.5, 0.6) is 0 Å². The Bertz CT molecular complexity index is 1110. The number of fused-ring (bicyclic) bond motifs is 2. The van der Waals surface area contributed by atoms with Gasteiger partial charge in [0.05, 0.1) is 16.8 Å². The second-order valence-corrected chi connectivity index (χ2v) is 6.88. The van der Waals surface area contributed by atoms with Crippen LogP contribution in [0.1, 0.15) is 34.5 Å². The summed E-state index contributed by atoms with van der Waals surface area (Å²) in [6.45, 7) is -0.611. The van der Waals surface area contributed by atoms with Gasteiger partial charge in [0.1, 0.15) is 11.6 Å². The van der Waals surface area contributed by atoms with Crippen LogP contribution in [0.25, 0.3) is 10.9 Å². The van der Waals surface area contributed by atoms with Gasteiger partial charge in [0, 0.05) is 17.1 Å². The molecule has 7 heteroatoms. The Morgan fingerprint density at radius 2 is 1.86 bits per heavy atom. The number of hydrogen-bond acceptors (Lipinski definition) is 4. The number of halogens is 2. The van der Waals surface area contributed by atoms with Crippen molar-refractivity contribution >= 4 is 28.5 Å². The van der Waals surface area contributed by atoms with Gasteiger partial charge in [-0.25, -0.2) is 13.6 Å². The summed E-state index contributed by atoms with van der Waals surface area (Å²) in [5, 5.41) is 2.89. The van der Waals surface area contributed by atoms with Crippen LogP contribution in [0.15, 0.2) is 42.5 Å². The maximum absolute atomic E-state index is 13.7. The number of carbonyl (C=O) groups excluding carboxylic acids is 2. The van der Waals surface area contributed by atoms with E-state index >= 15 is 0 Å². The molecule has 29 heavy (non-hydrogen) atoms. The lowest BCUT2D eigenvalue weighted by atomic mass is 9.90. The molecule has 1 aliphatic rings. The summed E-state index contributed by atoms with van der Waals surface area (Å²) in [6.07, 6.45) is 3.47. The van der Waals surface area contributed by atoms with E-state index in [1.165, 1.54) is 0 Å². The van der Waals surface area contributed by atoms with E-state index in [2.05, 4.69) is 10.3 Å². The Hall–Kier alpha value is -3.35. The highest BCUT2D eigenvalue weighted by Crippen LogP contribution is 2.29. The molecule has 0 radical (unpaired) electrons. The highest BCUT2D eigenvalue weighted by Gasteiger charge is 2.24. The Kier molecular flexibility index (Phi) is 5.20. The summed E-state index contributed by atoms with van der Waals surface area (Å²) in [6, 6.07) is 10.0. The molecular formula is C22H18F2N2O3. The van der Waals surface area contributed by atoms with Gasteiger partial charge in [-0.15, -0.1) is 0 Å². The lowest BCUT2D eigenvalue weighted by Crippen LogP contribution is -2.23. The highest BCUT2D eigenvalue weighted by atomic mass is 19.1. The van der Waals surface area contributed by atoms with E-state index in [0.717, 1.165) is 55.1 Å². The van der Waals surface area contributed by atoms with Crippen molar-refractivity contribution in [2.75, 3.05) is 11.9 Å². The number of pyridine rings is 1. The van der Waals surface area contributed by atoms with Crippen molar-refractivity contribution in [3.8, 4) is 0 Å². The van der Waals surface area contributed by atoms with E-state index < -0.39 is 30.1 Å². The van der Waals surface area contributed by atoms with Crippen LogP contribution in [0.2, 0.25) is 0 Å². The molecule has 0 unspecified atom stereocenters. The molecule has 0 bridgehead atoms. The quantitative estimate of drug-likeness (QED) is 0.672. The highest BCUT2D eigenvalue weighted by molar-refractivity contribution is 6.06. The molecule has 0 saturated carbocycles. The van der Waals surface area contributed by atoms with Crippen LogP contribution >= 0.6 is 0 Å². The van der Waals surface area contributed by atoms with Crippen LogP contribution in [0.3, 0.4) is 0 Å². The molecule has 1 aliphatic carbocycles. The monoisotopic (exact) mass is 396 g/mol. The SMILES string of the molecule is O=C(COC(=O)c1c2c(nc3ccccc13)CCCC2)Nc1cc(F)ccc1F. The van der Waals surface area contributed by atoms with Crippen molar-refractivity contribution in [2.45, 2.75) is 25.7 Å². The normalized spacial score (nSPS) is 13.0. The molecule has 0 fully saturated rings. The Balaban J connectivity index is 1.55. The van der Waals surface area contributed by atoms with Crippen LogP contribution in [-0.4, -0.2) is 23.5 Å². The van der Waals surface area contributed by atoms with E-state index in [1.807, 2.05) is 18.2 Å². The molecule has 1 aromatic heterocycles. The molecule has 0 aliphatic heterocycles. The zero-order valence-electron chi connectivity index (χ0n) is 15.5. The predicted molar refractivity (Wildman–Crippen MR) is 104 cm³/mol. The van der Waals surface area contributed by atoms with E-state index in [0.29, 0.717) is 16.5 Å². The Labute approximate surface area is 165 Å². The molecule has 0 saturated heterocycles. The second-order valence-electron chi connectivity index (χ2n) is 6.88. The largest absolute Gasteiger partial charge is 0.452 e. The van der Waals surface area contributed by atoms with Gasteiger partial charge in [-0.3, -0.25) is 9.78 Å². The maximum Gasteiger partial charge on any atom is 0.339 e. The lowest BCUT2D eigenvalue weighted by molar-refractivity contribution is -0.119. The van der Waals surface area contributed by atoms with Crippen LogP contribution in [0.4, 0.5) is 14.5 Å². The summed E-state index contributed by atoms with van der Waals surface area (Å²) >= 11 is 0. The molecule has 0 atom stereocenters. The number of hydrogen-bond donors (Lipinski definition) is 1. The number of anilines is 1. The Morgan fingerprint density at radius 1 is 1.07 bits per heavy atom. The number of amides is 1. The Morgan fingerprint density at radius 3 is 2.72 bits per heavy atom. The number of nitrogens with zero attached hydrogens (tertiary/aromatic N) is 1. The van der Waals surface area contributed by atoms with Gasteiger partial charge < -0.3 is 10.1 Å². The van der Waals surface area contributed by atoms with E-state index in [1.54, 1.807) is 6.07 Å². The molecule has 0 spiro atoms. The third-order valence-electron chi connectivity index (χ3n) is 4.91. The number of para-hydroxylation sites is 1. The minimum absolute atomic E-state index is 0.308. The molecule has 148 valence electrons. The third-order valence-corrected chi connectivity index (χ3v) is 4.91. The molecule has 2 aromatic carbocycles. The smallest absolute Gasteiger partial charge is 0.339 e. The summed E-state index contributed by atoms with van der Waals surface area (Å²) in [7, 11) is 0. The van der Waals surface area contributed by atoms with Crippen molar-refractivity contribution in [3.05, 3.63) is 70.9 Å². The van der Waals surface area contributed by atoms with Gasteiger partial charge in [0.15, 0.2) is 6.61 Å². The van der Waals surface area contributed by atoms with Gasteiger partial charge in [-0.1, -0.05) is 18.2 Å². The van der Waals surface area contributed by atoms with E-state index in [9.17, 15) is 18.4 Å². The first-order chi connectivity index (χ1) is 14.0. The van der Waals surface area contributed by atoms with Crippen LogP contribution < -0.4 is 5.32 Å². The van der Waals surface area contributed by atoms with Crippen LogP contribution in [0, 0.1) is 11.6 Å². The van der Waals surface area contributed by atoms with E-state index in [-0.39, 0.29) is 5.69 Å². The number of ether oxygens (including phenoxy) is 1. The lowest BCUT2D eigenvalue weighted by Gasteiger charge is -2.19. The molecule has 3 aromatic rings. The average Bonchev–Trinajstić information content (AvgIpc) is 2.73. The maximum atomic E-state index is 13.7. The molecule has 1 amide bonds. The molecule has 5 nitrogen and oxygen atoms in total. The number of carbonyl (C=O) groups is 2. The summed E-state index contributed by atoms with van der Waals surface area (Å²) < 4.78 is 32.1. The zero-order valence-corrected chi connectivity index (χ0v) is 15.5. The minimum Gasteiger partial charge on any atom is -0.452 e. The third kappa shape index (κ3) is 3.94. The molecule has 1 heterocycles. The van der Waals surface area contributed by atoms with Crippen molar-refractivity contribution in [1.82, 2.24) is 4.98 Å². The number of aryl methyl sites for hydroxylation is 1. The minimum atomic E-state index is -0.778. The van der Waals surface area contributed by atoms with E-state index in [4.69, 9.17) is 4.74 Å². The number of benzene rings is 2. The predicted octanol–water partition coefficient (Wildman–Crippen LogP) is 4.19. The number of aromatic nitrogens is 1. The van der Waals surface area contributed by atoms with Crippen LogP contribution in [-0.2, 0) is 22.4 Å². The number of nitrogens with one attached hydrogen (secondary N) is 1. The zero-order chi connectivity index (χ0) is 20.4. The van der Waals surface area contributed by atoms with Gasteiger partial charge in [-0.05, 0) is 49.4 Å². The van der Waals surface area contributed by atoms with Crippen molar-refractivity contribution < 1.29 is 23.1 Å². The van der Waals surface area contributed by atoms with Crippen molar-refractivity contribution in [3.63, 3.8) is 0 Å². The summed E-state index contributed by atoms with van der Waals surface area (Å²) in [5.41, 5.74) is 2.56. The van der Waals surface area contributed by atoms with Crippen molar-refractivity contribution in [2.24, 2.45) is 0 Å². The standard InChI is InChI=1S/C22H18F2N2O3/c23-13-9-10-16(24)19(11-13)26-20(27)12-29-22(28)21-14-5-1-3-7-17(14)25-18-8-4-2-6-15(18)21/h1,3,5,7,9-11H,2,4,6,8,12H2,(H,26,27). The fourth-order valence-electron chi connectivity index (χ4n) is 3.59. The molecule has 4 rings (SSSR count). The second kappa shape index (κ2) is 7.95. The molecule has 1 N–H and O–H groups in total. The topological polar surface area (TPSA) is 68.3 Å². The fourth-order valence-corrected chi connectivity index (χ4v) is 3.59. The first-order valence-electron chi connectivity index (χ1n) is 9.35. The van der Waals surface area contributed by atoms with Crippen molar-refractivity contribution in [1.29, 1.82) is 0 Å². The van der Waals surface area contributed by atoms with Gasteiger partial charge in [-0.2, -0.15) is 0 Å². The van der Waals surface area contributed by atoms with Gasteiger partial charge in [0.2, 0.25) is 0 Å². The summed E-state index contributed by atoms with van der Waals surface area (Å²) in [4.78, 5) is 29.6. The van der Waals surface area contributed by atoms with Gasteiger partial charge >= 0.3 is 5.97 Å². The number of rotatable bonds is 4. The average molecular weight is 396 g/mol. The molecular weight excluding hydrogens is 378 g/mol.